The van der Waals surface area contributed by atoms with E-state index in [9.17, 15) is 4.79 Å². The highest BCUT2D eigenvalue weighted by Crippen LogP contribution is 2.31. The Bertz CT molecular complexity index is 105. The van der Waals surface area contributed by atoms with Gasteiger partial charge in [-0.2, -0.15) is 0 Å². The lowest BCUT2D eigenvalue weighted by Crippen LogP contribution is -2.20. The summed E-state index contributed by atoms with van der Waals surface area (Å²) in [7, 11) is 0. The van der Waals surface area contributed by atoms with Crippen LogP contribution in [0.1, 0.15) is 40.5 Å². The molecule has 0 radical (unpaired) electrons. The zero-order valence-electron chi connectivity index (χ0n) is 7.48. The van der Waals surface area contributed by atoms with Gasteiger partial charge in [-0.05, 0) is 11.3 Å². The van der Waals surface area contributed by atoms with Crippen LogP contribution in [0.2, 0.25) is 0 Å². The first kappa shape index (κ1) is 9.67. The molecule has 0 saturated heterocycles. The molecule has 0 spiro atoms. The maximum atomic E-state index is 10.2. The Morgan fingerprint density at radius 2 is 2.00 bits per heavy atom. The number of aldehydes is 1. The van der Waals surface area contributed by atoms with Crippen molar-refractivity contribution in [3.63, 3.8) is 0 Å². The van der Waals surface area contributed by atoms with E-state index in [-0.39, 0.29) is 0 Å². The van der Waals surface area contributed by atoms with Crippen LogP contribution in [0.3, 0.4) is 0 Å². The Balaban J connectivity index is 3.89. The minimum atomic E-state index is 0.320. The van der Waals surface area contributed by atoms with Crippen LogP contribution in [0, 0.1) is 11.3 Å². The van der Waals surface area contributed by atoms with Gasteiger partial charge in [0.25, 0.3) is 0 Å². The van der Waals surface area contributed by atoms with Crippen molar-refractivity contribution in [1.29, 1.82) is 0 Å². The van der Waals surface area contributed by atoms with Gasteiger partial charge in [-0.15, -0.1) is 0 Å². The van der Waals surface area contributed by atoms with E-state index in [1.165, 1.54) is 0 Å². The normalized spacial score (nSPS) is 14.8. The molecule has 1 nitrogen and oxygen atoms in total. The summed E-state index contributed by atoms with van der Waals surface area (Å²) in [4.78, 5) is 10.2. The number of hydrogen-bond acceptors (Lipinski definition) is 1. The van der Waals surface area contributed by atoms with Crippen LogP contribution in [0.5, 0.6) is 0 Å². The summed E-state index contributed by atoms with van der Waals surface area (Å²) in [6, 6.07) is 0. The van der Waals surface area contributed by atoms with Crippen molar-refractivity contribution in [2.24, 2.45) is 11.3 Å². The molecule has 1 heteroatoms. The molecule has 0 N–H and O–H groups in total. The van der Waals surface area contributed by atoms with Gasteiger partial charge in [0.1, 0.15) is 6.29 Å². The Labute approximate surface area is 63.8 Å². The maximum absolute atomic E-state index is 10.2. The third-order valence-electron chi connectivity index (χ3n) is 2.70. The molecular formula is C9H18O. The lowest BCUT2D eigenvalue weighted by Gasteiger charge is -2.29. The summed E-state index contributed by atoms with van der Waals surface area (Å²) in [5, 5.41) is 0. The predicted molar refractivity (Wildman–Crippen MR) is 43.9 cm³/mol. The van der Waals surface area contributed by atoms with E-state index in [2.05, 4.69) is 27.7 Å². The molecular weight excluding hydrogens is 124 g/mol. The molecule has 0 aromatic rings. The van der Waals surface area contributed by atoms with E-state index in [4.69, 9.17) is 0 Å². The zero-order chi connectivity index (χ0) is 8.20. The molecule has 0 aliphatic rings. The summed E-state index contributed by atoms with van der Waals surface area (Å²) in [6.07, 6.45) is 2.85. The second kappa shape index (κ2) is 3.75. The molecule has 0 heterocycles. The van der Waals surface area contributed by atoms with Crippen molar-refractivity contribution >= 4 is 6.29 Å². The summed E-state index contributed by atoms with van der Waals surface area (Å²) >= 11 is 0. The Kier molecular flexibility index (Phi) is 3.62. The molecule has 0 bridgehead atoms. The second-order valence-corrected chi connectivity index (χ2v) is 3.65. The molecule has 0 aromatic carbocycles. The van der Waals surface area contributed by atoms with Crippen LogP contribution in [0.15, 0.2) is 0 Å². The van der Waals surface area contributed by atoms with Crippen LogP contribution in [-0.2, 0) is 4.79 Å². The van der Waals surface area contributed by atoms with Gasteiger partial charge in [0, 0.05) is 6.42 Å². The fraction of sp³-hybridized carbons (Fsp3) is 0.889. The van der Waals surface area contributed by atoms with Crippen molar-refractivity contribution in [1.82, 2.24) is 0 Å². The molecule has 0 aliphatic carbocycles. The average Bonchev–Trinajstić information content (AvgIpc) is 1.89. The van der Waals surface area contributed by atoms with Gasteiger partial charge in [-0.1, -0.05) is 34.1 Å². The van der Waals surface area contributed by atoms with Gasteiger partial charge in [0.05, 0.1) is 0 Å². The monoisotopic (exact) mass is 142 g/mol. The summed E-state index contributed by atoms with van der Waals surface area (Å²) in [5.41, 5.74) is 0.320. The van der Waals surface area contributed by atoms with Gasteiger partial charge < -0.3 is 4.79 Å². The van der Waals surface area contributed by atoms with Crippen LogP contribution >= 0.6 is 0 Å². The molecule has 0 rings (SSSR count). The quantitative estimate of drug-likeness (QED) is 0.551. The molecule has 0 fully saturated rings. The third kappa shape index (κ3) is 2.51. The van der Waals surface area contributed by atoms with Crippen molar-refractivity contribution in [3.05, 3.63) is 0 Å². The summed E-state index contributed by atoms with van der Waals surface area (Å²) in [6.45, 7) is 8.72. The maximum Gasteiger partial charge on any atom is 0.120 e. The fourth-order valence-corrected chi connectivity index (χ4v) is 0.812. The van der Waals surface area contributed by atoms with Crippen molar-refractivity contribution in [2.75, 3.05) is 0 Å². The highest BCUT2D eigenvalue weighted by Gasteiger charge is 2.22. The van der Waals surface area contributed by atoms with Crippen LogP contribution in [0.25, 0.3) is 0 Å². The van der Waals surface area contributed by atoms with Gasteiger partial charge in [0.2, 0.25) is 0 Å². The van der Waals surface area contributed by atoms with Gasteiger partial charge in [0.15, 0.2) is 0 Å². The first-order chi connectivity index (χ1) is 4.54. The fourth-order valence-electron chi connectivity index (χ4n) is 0.812. The van der Waals surface area contributed by atoms with E-state index < -0.39 is 0 Å². The van der Waals surface area contributed by atoms with Gasteiger partial charge in [-0.25, -0.2) is 0 Å². The average molecular weight is 142 g/mol. The van der Waals surface area contributed by atoms with E-state index in [1.54, 1.807) is 0 Å². The molecule has 0 aromatic heterocycles. The molecule has 0 saturated carbocycles. The van der Waals surface area contributed by atoms with E-state index in [0.29, 0.717) is 17.8 Å². The van der Waals surface area contributed by atoms with E-state index in [0.717, 1.165) is 12.7 Å². The first-order valence-electron chi connectivity index (χ1n) is 3.98. The Hall–Kier alpha value is -0.330. The van der Waals surface area contributed by atoms with E-state index in [1.807, 2.05) is 0 Å². The number of carbonyl (C=O) groups excluding carboxylic acids is 1. The second-order valence-electron chi connectivity index (χ2n) is 3.65. The van der Waals surface area contributed by atoms with Crippen molar-refractivity contribution in [3.8, 4) is 0 Å². The van der Waals surface area contributed by atoms with Crippen LogP contribution < -0.4 is 0 Å². The highest BCUT2D eigenvalue weighted by atomic mass is 16.1. The van der Waals surface area contributed by atoms with Crippen LogP contribution in [-0.4, -0.2) is 6.29 Å². The Morgan fingerprint density at radius 3 is 2.30 bits per heavy atom. The highest BCUT2D eigenvalue weighted by molar-refractivity contribution is 5.49. The standard InChI is InChI=1S/C9H18O/c1-5-9(3,4)8(2)6-7-10/h7-8H,5-6H2,1-4H3. The van der Waals surface area contributed by atoms with Crippen molar-refractivity contribution < 1.29 is 4.79 Å². The Morgan fingerprint density at radius 1 is 1.50 bits per heavy atom. The largest absolute Gasteiger partial charge is 0.303 e. The van der Waals surface area contributed by atoms with E-state index >= 15 is 0 Å². The smallest absolute Gasteiger partial charge is 0.120 e. The minimum absolute atomic E-state index is 0.320. The van der Waals surface area contributed by atoms with Gasteiger partial charge >= 0.3 is 0 Å². The topological polar surface area (TPSA) is 17.1 Å². The molecule has 10 heavy (non-hydrogen) atoms. The lowest BCUT2D eigenvalue weighted by molar-refractivity contribution is -0.109. The summed E-state index contributed by atoms with van der Waals surface area (Å²) < 4.78 is 0. The number of rotatable bonds is 4. The number of carbonyl (C=O) groups is 1. The molecule has 60 valence electrons. The van der Waals surface area contributed by atoms with Crippen LogP contribution in [0.4, 0.5) is 0 Å². The molecule has 1 atom stereocenters. The molecule has 0 amide bonds. The molecule has 1 unspecified atom stereocenters. The number of hydrogen-bond donors (Lipinski definition) is 0. The van der Waals surface area contributed by atoms with Crippen molar-refractivity contribution in [2.45, 2.75) is 40.5 Å². The van der Waals surface area contributed by atoms with Gasteiger partial charge in [-0.3, -0.25) is 0 Å². The zero-order valence-corrected chi connectivity index (χ0v) is 7.48. The minimum Gasteiger partial charge on any atom is -0.303 e. The first-order valence-corrected chi connectivity index (χ1v) is 3.98. The SMILES string of the molecule is CCC(C)(C)C(C)CC=O. The lowest BCUT2D eigenvalue weighted by atomic mass is 9.76. The molecule has 0 aliphatic heterocycles. The predicted octanol–water partition coefficient (Wildman–Crippen LogP) is 2.65. The third-order valence-corrected chi connectivity index (χ3v) is 2.70. The summed E-state index contributed by atoms with van der Waals surface area (Å²) in [5.74, 6) is 0.509.